The Hall–Kier alpha value is -1.03. The molecule has 5 rings (SSSR count). The number of carboxylic acid groups (broad SMARTS) is 1. The normalized spacial score (nSPS) is 40.4. The van der Waals surface area contributed by atoms with E-state index in [-0.39, 0.29) is 11.2 Å². The Morgan fingerprint density at radius 3 is 2.43 bits per heavy atom. The Bertz CT molecular complexity index is 610. The van der Waals surface area contributed by atoms with Crippen molar-refractivity contribution in [2.75, 3.05) is 0 Å². The summed E-state index contributed by atoms with van der Waals surface area (Å²) >= 11 is 3.40. The van der Waals surface area contributed by atoms with Gasteiger partial charge in [-0.15, -0.1) is 0 Å². The molecule has 3 nitrogen and oxygen atoms in total. The Morgan fingerprint density at radius 1 is 1.19 bits per heavy atom. The standard InChI is InChI=1S/C17H19BrO3/c18-13-4-12(1-2-14(13)19)16-5-10-3-11(6-16)8-17(7-10,9-16)15(20)21/h1-2,4,10-11,19H,3,5-9H2,(H,20,21). The molecule has 1 aromatic rings. The topological polar surface area (TPSA) is 57.5 Å². The summed E-state index contributed by atoms with van der Waals surface area (Å²) in [5, 5.41) is 19.5. The van der Waals surface area contributed by atoms with E-state index in [0.717, 1.165) is 32.1 Å². The van der Waals surface area contributed by atoms with E-state index in [2.05, 4.69) is 15.9 Å². The van der Waals surface area contributed by atoms with Crippen LogP contribution < -0.4 is 0 Å². The maximum absolute atomic E-state index is 11.9. The summed E-state index contributed by atoms with van der Waals surface area (Å²) < 4.78 is 0.708. The van der Waals surface area contributed by atoms with Crippen LogP contribution in [0.15, 0.2) is 22.7 Å². The highest BCUT2D eigenvalue weighted by Gasteiger charge is 2.61. The zero-order chi connectivity index (χ0) is 14.8. The maximum atomic E-state index is 11.9. The van der Waals surface area contributed by atoms with E-state index in [1.165, 1.54) is 12.0 Å². The average Bonchev–Trinajstić information content (AvgIpc) is 2.40. The molecule has 0 aromatic heterocycles. The van der Waals surface area contributed by atoms with Crippen LogP contribution in [0.3, 0.4) is 0 Å². The van der Waals surface area contributed by atoms with E-state index in [9.17, 15) is 15.0 Å². The molecule has 2 atom stereocenters. The van der Waals surface area contributed by atoms with Crippen molar-refractivity contribution >= 4 is 21.9 Å². The van der Waals surface area contributed by atoms with Crippen LogP contribution in [-0.2, 0) is 10.2 Å². The van der Waals surface area contributed by atoms with Gasteiger partial charge in [0.2, 0.25) is 0 Å². The molecule has 0 heterocycles. The molecule has 21 heavy (non-hydrogen) atoms. The molecule has 4 fully saturated rings. The number of phenols is 1. The van der Waals surface area contributed by atoms with Crippen molar-refractivity contribution in [2.45, 2.75) is 43.9 Å². The van der Waals surface area contributed by atoms with Gasteiger partial charge in [-0.05, 0) is 89.4 Å². The van der Waals surface area contributed by atoms with Gasteiger partial charge in [0.25, 0.3) is 0 Å². The number of rotatable bonds is 2. The lowest BCUT2D eigenvalue weighted by atomic mass is 9.43. The van der Waals surface area contributed by atoms with Gasteiger partial charge in [-0.2, -0.15) is 0 Å². The van der Waals surface area contributed by atoms with Crippen molar-refractivity contribution in [3.05, 3.63) is 28.2 Å². The molecule has 4 bridgehead atoms. The third kappa shape index (κ3) is 1.88. The van der Waals surface area contributed by atoms with E-state index in [1.54, 1.807) is 6.07 Å². The lowest BCUT2D eigenvalue weighted by molar-refractivity contribution is -0.167. The van der Waals surface area contributed by atoms with E-state index >= 15 is 0 Å². The van der Waals surface area contributed by atoms with Crippen molar-refractivity contribution in [2.24, 2.45) is 17.3 Å². The average molecular weight is 351 g/mol. The van der Waals surface area contributed by atoms with Gasteiger partial charge in [-0.1, -0.05) is 6.07 Å². The molecule has 0 spiro atoms. The molecule has 4 aliphatic rings. The molecule has 0 radical (unpaired) electrons. The molecule has 2 N–H and O–H groups in total. The van der Waals surface area contributed by atoms with Gasteiger partial charge in [-0.25, -0.2) is 0 Å². The molecule has 4 heteroatoms. The van der Waals surface area contributed by atoms with E-state index in [1.807, 2.05) is 12.1 Å². The van der Waals surface area contributed by atoms with Crippen LogP contribution >= 0.6 is 15.9 Å². The van der Waals surface area contributed by atoms with Gasteiger partial charge in [0, 0.05) is 0 Å². The number of aromatic hydroxyl groups is 1. The summed E-state index contributed by atoms with van der Waals surface area (Å²) in [5.74, 6) is 0.750. The zero-order valence-corrected chi connectivity index (χ0v) is 13.4. The summed E-state index contributed by atoms with van der Waals surface area (Å²) in [7, 11) is 0. The van der Waals surface area contributed by atoms with Crippen LogP contribution in [0.5, 0.6) is 5.75 Å². The first kappa shape index (κ1) is 13.6. The SMILES string of the molecule is O=C(O)C12CC3CC(C1)CC(c1ccc(O)c(Br)c1)(C3)C2. The van der Waals surface area contributed by atoms with Gasteiger partial charge in [0.1, 0.15) is 5.75 Å². The van der Waals surface area contributed by atoms with E-state index in [4.69, 9.17) is 0 Å². The van der Waals surface area contributed by atoms with Gasteiger partial charge in [-0.3, -0.25) is 4.79 Å². The lowest BCUT2D eigenvalue weighted by Crippen LogP contribution is -2.56. The fraction of sp³-hybridized carbons (Fsp3) is 0.588. The molecule has 0 amide bonds. The lowest BCUT2D eigenvalue weighted by Gasteiger charge is -2.60. The number of aliphatic carboxylic acids is 1. The molecule has 4 saturated carbocycles. The fourth-order valence-electron chi connectivity index (χ4n) is 5.69. The van der Waals surface area contributed by atoms with Gasteiger partial charge in [0.05, 0.1) is 9.89 Å². The minimum atomic E-state index is -0.598. The van der Waals surface area contributed by atoms with Crippen molar-refractivity contribution in [3.8, 4) is 5.75 Å². The smallest absolute Gasteiger partial charge is 0.309 e. The quantitative estimate of drug-likeness (QED) is 0.844. The zero-order valence-electron chi connectivity index (χ0n) is 11.8. The third-order valence-corrected chi connectivity index (χ3v) is 6.71. The van der Waals surface area contributed by atoms with Crippen LogP contribution in [0.25, 0.3) is 0 Å². The Labute approximate surface area is 132 Å². The van der Waals surface area contributed by atoms with Crippen molar-refractivity contribution in [1.29, 1.82) is 0 Å². The number of carbonyl (C=O) groups is 1. The van der Waals surface area contributed by atoms with Crippen LogP contribution in [0, 0.1) is 17.3 Å². The molecule has 0 saturated heterocycles. The van der Waals surface area contributed by atoms with Gasteiger partial charge < -0.3 is 10.2 Å². The van der Waals surface area contributed by atoms with Crippen LogP contribution in [0.1, 0.15) is 44.1 Å². The number of halogens is 1. The predicted molar refractivity (Wildman–Crippen MR) is 82.2 cm³/mol. The monoisotopic (exact) mass is 350 g/mol. The minimum Gasteiger partial charge on any atom is -0.507 e. The molecule has 4 aliphatic carbocycles. The summed E-state index contributed by atoms with van der Waals surface area (Å²) in [6.45, 7) is 0. The summed E-state index contributed by atoms with van der Waals surface area (Å²) in [5.41, 5.74) is 0.694. The summed E-state index contributed by atoms with van der Waals surface area (Å²) in [6.07, 6.45) is 5.90. The van der Waals surface area contributed by atoms with E-state index in [0.29, 0.717) is 16.3 Å². The summed E-state index contributed by atoms with van der Waals surface area (Å²) in [4.78, 5) is 11.9. The highest BCUT2D eigenvalue weighted by molar-refractivity contribution is 9.10. The first-order valence-electron chi connectivity index (χ1n) is 7.65. The largest absolute Gasteiger partial charge is 0.507 e. The second-order valence-corrected chi connectivity index (χ2v) is 8.35. The number of hydrogen-bond donors (Lipinski definition) is 2. The molecular formula is C17H19BrO3. The van der Waals surface area contributed by atoms with Gasteiger partial charge in [0.15, 0.2) is 0 Å². The number of benzene rings is 1. The van der Waals surface area contributed by atoms with Crippen LogP contribution in [0.4, 0.5) is 0 Å². The Morgan fingerprint density at radius 2 is 1.86 bits per heavy atom. The Balaban J connectivity index is 1.80. The molecule has 112 valence electrons. The maximum Gasteiger partial charge on any atom is 0.309 e. The first-order valence-corrected chi connectivity index (χ1v) is 8.44. The third-order valence-electron chi connectivity index (χ3n) is 6.07. The second kappa shape index (κ2) is 4.25. The fourth-order valence-corrected chi connectivity index (χ4v) is 6.07. The molecule has 2 unspecified atom stereocenters. The van der Waals surface area contributed by atoms with Gasteiger partial charge >= 0.3 is 5.97 Å². The second-order valence-electron chi connectivity index (χ2n) is 7.49. The first-order chi connectivity index (χ1) is 9.92. The molecule has 0 aliphatic heterocycles. The van der Waals surface area contributed by atoms with Crippen LogP contribution in [-0.4, -0.2) is 16.2 Å². The molecular weight excluding hydrogens is 332 g/mol. The highest BCUT2D eigenvalue weighted by Crippen LogP contribution is 2.66. The van der Waals surface area contributed by atoms with E-state index < -0.39 is 11.4 Å². The number of phenolic OH excluding ortho intramolecular Hbond substituents is 1. The van der Waals surface area contributed by atoms with Crippen molar-refractivity contribution < 1.29 is 15.0 Å². The number of hydrogen-bond acceptors (Lipinski definition) is 2. The number of carboxylic acids is 1. The summed E-state index contributed by atoms with van der Waals surface area (Å²) in [6, 6.07) is 5.71. The van der Waals surface area contributed by atoms with Crippen molar-refractivity contribution in [1.82, 2.24) is 0 Å². The highest BCUT2D eigenvalue weighted by atomic mass is 79.9. The Kier molecular flexibility index (Phi) is 2.76. The predicted octanol–water partition coefficient (Wildman–Crippen LogP) is 4.08. The van der Waals surface area contributed by atoms with Crippen LogP contribution in [0.2, 0.25) is 0 Å². The van der Waals surface area contributed by atoms with Crippen molar-refractivity contribution in [3.63, 3.8) is 0 Å². The molecule has 1 aromatic carbocycles. The minimum absolute atomic E-state index is 0.00130.